The standard InChI is InChI=1S/C10H21NO/c1-2-8-11-9-6-4-3-5-7-10(9)12/h9-12H,2-8H2,1H3. The Labute approximate surface area is 75.4 Å². The summed E-state index contributed by atoms with van der Waals surface area (Å²) in [4.78, 5) is 0. The summed E-state index contributed by atoms with van der Waals surface area (Å²) in [5.74, 6) is 0. The van der Waals surface area contributed by atoms with Gasteiger partial charge in [0.05, 0.1) is 6.10 Å². The van der Waals surface area contributed by atoms with Crippen LogP contribution in [-0.2, 0) is 0 Å². The van der Waals surface area contributed by atoms with Gasteiger partial charge in [-0.1, -0.05) is 26.2 Å². The van der Waals surface area contributed by atoms with Crippen molar-refractivity contribution in [2.75, 3.05) is 6.54 Å². The summed E-state index contributed by atoms with van der Waals surface area (Å²) in [5.41, 5.74) is 0. The second kappa shape index (κ2) is 5.55. The lowest BCUT2D eigenvalue weighted by atomic mass is 10.1. The number of hydrogen-bond donors (Lipinski definition) is 2. The van der Waals surface area contributed by atoms with Crippen molar-refractivity contribution in [3.63, 3.8) is 0 Å². The SMILES string of the molecule is CCCNC1CCCCCC1O. The lowest BCUT2D eigenvalue weighted by molar-refractivity contribution is 0.120. The molecule has 0 radical (unpaired) electrons. The Morgan fingerprint density at radius 3 is 2.75 bits per heavy atom. The van der Waals surface area contributed by atoms with Gasteiger partial charge in [0.2, 0.25) is 0 Å². The molecule has 2 unspecified atom stereocenters. The van der Waals surface area contributed by atoms with Gasteiger partial charge in [-0.2, -0.15) is 0 Å². The Balaban J connectivity index is 2.26. The van der Waals surface area contributed by atoms with E-state index in [9.17, 15) is 5.11 Å². The monoisotopic (exact) mass is 171 g/mol. The van der Waals surface area contributed by atoms with E-state index < -0.39 is 0 Å². The quantitative estimate of drug-likeness (QED) is 0.633. The molecule has 2 atom stereocenters. The number of nitrogens with one attached hydrogen (secondary N) is 1. The van der Waals surface area contributed by atoms with Gasteiger partial charge in [0.15, 0.2) is 0 Å². The fraction of sp³-hybridized carbons (Fsp3) is 1.00. The molecular weight excluding hydrogens is 150 g/mol. The minimum Gasteiger partial charge on any atom is -0.392 e. The fourth-order valence-corrected chi connectivity index (χ4v) is 1.86. The van der Waals surface area contributed by atoms with Crippen LogP contribution >= 0.6 is 0 Å². The van der Waals surface area contributed by atoms with Crippen molar-refractivity contribution in [3.8, 4) is 0 Å². The molecule has 72 valence electrons. The van der Waals surface area contributed by atoms with Gasteiger partial charge < -0.3 is 10.4 Å². The fourth-order valence-electron chi connectivity index (χ4n) is 1.86. The van der Waals surface area contributed by atoms with Crippen LogP contribution in [0, 0.1) is 0 Å². The van der Waals surface area contributed by atoms with Crippen molar-refractivity contribution in [3.05, 3.63) is 0 Å². The molecule has 0 spiro atoms. The maximum absolute atomic E-state index is 9.71. The van der Waals surface area contributed by atoms with Crippen LogP contribution in [0.15, 0.2) is 0 Å². The summed E-state index contributed by atoms with van der Waals surface area (Å²) < 4.78 is 0. The molecule has 0 heterocycles. The van der Waals surface area contributed by atoms with Gasteiger partial charge in [0, 0.05) is 6.04 Å². The molecule has 1 rings (SSSR count). The molecule has 1 aliphatic carbocycles. The van der Waals surface area contributed by atoms with Crippen LogP contribution in [0.3, 0.4) is 0 Å². The second-order valence-corrected chi connectivity index (χ2v) is 3.77. The number of hydrogen-bond acceptors (Lipinski definition) is 2. The Bertz CT molecular complexity index is 116. The Morgan fingerprint density at radius 2 is 2.00 bits per heavy atom. The Kier molecular flexibility index (Phi) is 4.62. The first kappa shape index (κ1) is 10.0. The van der Waals surface area contributed by atoms with E-state index in [1.165, 1.54) is 19.3 Å². The average Bonchev–Trinajstić information content (AvgIpc) is 2.27. The zero-order chi connectivity index (χ0) is 8.81. The molecular formula is C10H21NO. The van der Waals surface area contributed by atoms with E-state index in [1.807, 2.05) is 0 Å². The first-order chi connectivity index (χ1) is 5.84. The summed E-state index contributed by atoms with van der Waals surface area (Å²) in [5, 5.41) is 13.1. The summed E-state index contributed by atoms with van der Waals surface area (Å²) >= 11 is 0. The Morgan fingerprint density at radius 1 is 1.25 bits per heavy atom. The number of aliphatic hydroxyl groups excluding tert-OH is 1. The van der Waals surface area contributed by atoms with Crippen molar-refractivity contribution >= 4 is 0 Å². The van der Waals surface area contributed by atoms with Gasteiger partial charge in [-0.3, -0.25) is 0 Å². The molecule has 0 aromatic heterocycles. The van der Waals surface area contributed by atoms with Crippen LogP contribution in [-0.4, -0.2) is 23.8 Å². The van der Waals surface area contributed by atoms with E-state index in [2.05, 4.69) is 12.2 Å². The lowest BCUT2D eigenvalue weighted by Crippen LogP contribution is -2.39. The van der Waals surface area contributed by atoms with Gasteiger partial charge in [0.1, 0.15) is 0 Å². The lowest BCUT2D eigenvalue weighted by Gasteiger charge is -2.21. The largest absolute Gasteiger partial charge is 0.392 e. The molecule has 0 bridgehead atoms. The summed E-state index contributed by atoms with van der Waals surface area (Å²) in [7, 11) is 0. The highest BCUT2D eigenvalue weighted by molar-refractivity contribution is 4.78. The predicted molar refractivity (Wildman–Crippen MR) is 51.2 cm³/mol. The molecule has 2 heteroatoms. The molecule has 1 fully saturated rings. The second-order valence-electron chi connectivity index (χ2n) is 3.77. The van der Waals surface area contributed by atoms with Crippen LogP contribution < -0.4 is 5.32 Å². The molecule has 0 aromatic carbocycles. The number of aliphatic hydroxyl groups is 1. The zero-order valence-corrected chi connectivity index (χ0v) is 8.05. The van der Waals surface area contributed by atoms with Crippen LogP contribution in [0.4, 0.5) is 0 Å². The molecule has 1 saturated carbocycles. The summed E-state index contributed by atoms with van der Waals surface area (Å²) in [6.45, 7) is 3.21. The van der Waals surface area contributed by atoms with E-state index in [4.69, 9.17) is 0 Å². The van der Waals surface area contributed by atoms with Gasteiger partial charge >= 0.3 is 0 Å². The molecule has 2 nitrogen and oxygen atoms in total. The highest BCUT2D eigenvalue weighted by Gasteiger charge is 2.19. The van der Waals surface area contributed by atoms with E-state index >= 15 is 0 Å². The minimum absolute atomic E-state index is 0.0981. The zero-order valence-electron chi connectivity index (χ0n) is 8.05. The van der Waals surface area contributed by atoms with Gasteiger partial charge in [-0.15, -0.1) is 0 Å². The third-order valence-electron chi connectivity index (χ3n) is 2.64. The maximum atomic E-state index is 9.71. The summed E-state index contributed by atoms with van der Waals surface area (Å²) in [6, 6.07) is 0.368. The van der Waals surface area contributed by atoms with E-state index in [0.717, 1.165) is 25.8 Å². The van der Waals surface area contributed by atoms with Gasteiger partial charge in [0.25, 0.3) is 0 Å². The molecule has 0 amide bonds. The molecule has 12 heavy (non-hydrogen) atoms. The van der Waals surface area contributed by atoms with Crippen LogP contribution in [0.2, 0.25) is 0 Å². The molecule has 0 aromatic rings. The van der Waals surface area contributed by atoms with Crippen LogP contribution in [0.1, 0.15) is 45.4 Å². The number of rotatable bonds is 3. The molecule has 1 aliphatic rings. The minimum atomic E-state index is -0.0981. The van der Waals surface area contributed by atoms with Crippen LogP contribution in [0.5, 0.6) is 0 Å². The smallest absolute Gasteiger partial charge is 0.0693 e. The topological polar surface area (TPSA) is 32.3 Å². The van der Waals surface area contributed by atoms with Gasteiger partial charge in [-0.05, 0) is 25.8 Å². The highest BCUT2D eigenvalue weighted by atomic mass is 16.3. The first-order valence-corrected chi connectivity index (χ1v) is 5.26. The molecule has 0 aliphatic heterocycles. The molecule has 2 N–H and O–H groups in total. The van der Waals surface area contributed by atoms with Crippen LogP contribution in [0.25, 0.3) is 0 Å². The van der Waals surface area contributed by atoms with Crippen molar-refractivity contribution in [2.24, 2.45) is 0 Å². The normalized spacial score (nSPS) is 31.5. The molecule has 0 saturated heterocycles. The van der Waals surface area contributed by atoms with E-state index in [-0.39, 0.29) is 6.10 Å². The summed E-state index contributed by atoms with van der Waals surface area (Å²) in [6.07, 6.45) is 6.97. The highest BCUT2D eigenvalue weighted by Crippen LogP contribution is 2.17. The Hall–Kier alpha value is -0.0800. The van der Waals surface area contributed by atoms with Gasteiger partial charge in [-0.25, -0.2) is 0 Å². The van der Waals surface area contributed by atoms with Crippen molar-refractivity contribution in [1.82, 2.24) is 5.32 Å². The van der Waals surface area contributed by atoms with Crippen molar-refractivity contribution in [2.45, 2.75) is 57.6 Å². The van der Waals surface area contributed by atoms with E-state index in [0.29, 0.717) is 6.04 Å². The van der Waals surface area contributed by atoms with Crippen molar-refractivity contribution < 1.29 is 5.11 Å². The third kappa shape index (κ3) is 3.11. The third-order valence-corrected chi connectivity index (χ3v) is 2.64. The van der Waals surface area contributed by atoms with Crippen molar-refractivity contribution in [1.29, 1.82) is 0 Å². The predicted octanol–water partition coefficient (Wildman–Crippen LogP) is 1.68. The van der Waals surface area contributed by atoms with E-state index in [1.54, 1.807) is 0 Å². The average molecular weight is 171 g/mol. The maximum Gasteiger partial charge on any atom is 0.0693 e. The first-order valence-electron chi connectivity index (χ1n) is 5.26.